The molecule has 0 spiro atoms. The number of aromatic nitrogens is 3. The Balaban J connectivity index is 1.48. The molecule has 5 nitrogen and oxygen atoms in total. The van der Waals surface area contributed by atoms with Crippen LogP contribution in [0.4, 0.5) is 24.7 Å². The van der Waals surface area contributed by atoms with E-state index in [1.165, 1.54) is 30.3 Å². The maximum Gasteiger partial charge on any atom is 0.267 e. The fourth-order valence-corrected chi connectivity index (χ4v) is 4.47. The minimum Gasteiger partial charge on any atom is -0.325 e. The van der Waals surface area contributed by atoms with Gasteiger partial charge in [-0.05, 0) is 55.7 Å². The lowest BCUT2D eigenvalue weighted by Crippen LogP contribution is -2.32. The van der Waals surface area contributed by atoms with Crippen LogP contribution in [0.5, 0.6) is 0 Å². The number of hydrogen-bond acceptors (Lipinski definition) is 5. The van der Waals surface area contributed by atoms with Crippen molar-refractivity contribution in [3.63, 3.8) is 0 Å². The van der Waals surface area contributed by atoms with E-state index in [0.29, 0.717) is 23.5 Å². The molecule has 5 rings (SSSR count). The first-order chi connectivity index (χ1) is 15.3. The first-order valence-corrected chi connectivity index (χ1v) is 10.5. The Morgan fingerprint density at radius 1 is 1.09 bits per heavy atom. The van der Waals surface area contributed by atoms with Gasteiger partial charge >= 0.3 is 0 Å². The molecular weight excluding hydrogens is 417 g/mol. The average Bonchev–Trinajstić information content (AvgIpc) is 3.38. The van der Waals surface area contributed by atoms with Crippen LogP contribution in [0.15, 0.2) is 48.7 Å². The first-order valence-electron chi connectivity index (χ1n) is 10.5. The summed E-state index contributed by atoms with van der Waals surface area (Å²) in [5, 5.41) is 0. The number of carbonyl (C=O) groups excluding carboxylic acids is 1. The Morgan fingerprint density at radius 2 is 1.84 bits per heavy atom. The van der Waals surface area contributed by atoms with Crippen LogP contribution < -0.4 is 4.90 Å². The second-order valence-electron chi connectivity index (χ2n) is 8.39. The highest BCUT2D eigenvalue weighted by Gasteiger charge is 2.76. The van der Waals surface area contributed by atoms with Crippen molar-refractivity contribution in [3.8, 4) is 0 Å². The Labute approximate surface area is 183 Å². The van der Waals surface area contributed by atoms with Crippen molar-refractivity contribution in [2.24, 2.45) is 0 Å². The molecule has 0 amide bonds. The number of carbonyl (C=O) groups is 1. The summed E-state index contributed by atoms with van der Waals surface area (Å²) in [6, 6.07) is 10.4. The van der Waals surface area contributed by atoms with Gasteiger partial charge in [-0.15, -0.1) is 0 Å². The summed E-state index contributed by atoms with van der Waals surface area (Å²) in [4.78, 5) is 28.2. The Morgan fingerprint density at radius 3 is 2.53 bits per heavy atom. The molecule has 2 aromatic heterocycles. The third-order valence-corrected chi connectivity index (χ3v) is 6.25. The third kappa shape index (κ3) is 3.34. The van der Waals surface area contributed by atoms with E-state index < -0.39 is 29.4 Å². The van der Waals surface area contributed by atoms with E-state index in [1.807, 2.05) is 4.90 Å². The number of aryl methyl sites for hydroxylation is 2. The summed E-state index contributed by atoms with van der Waals surface area (Å²) in [5.41, 5.74) is 0.171. The normalized spacial score (nSPS) is 21.2. The molecule has 1 saturated carbocycles. The van der Waals surface area contributed by atoms with Crippen molar-refractivity contribution in [1.29, 1.82) is 0 Å². The van der Waals surface area contributed by atoms with Crippen molar-refractivity contribution in [2.45, 2.75) is 43.9 Å². The monoisotopic (exact) mass is 438 g/mol. The van der Waals surface area contributed by atoms with E-state index in [1.54, 1.807) is 25.3 Å². The molecule has 3 aromatic rings. The summed E-state index contributed by atoms with van der Waals surface area (Å²) in [6.07, 6.45) is 2.36. The molecule has 0 N–H and O–H groups in total. The van der Waals surface area contributed by atoms with Crippen LogP contribution in [0, 0.1) is 12.7 Å². The zero-order valence-electron chi connectivity index (χ0n) is 17.5. The van der Waals surface area contributed by atoms with Gasteiger partial charge in [0.05, 0.1) is 17.1 Å². The molecule has 0 saturated heterocycles. The van der Waals surface area contributed by atoms with Crippen LogP contribution in [-0.4, -0.2) is 33.2 Å². The van der Waals surface area contributed by atoms with E-state index in [0.717, 1.165) is 24.5 Å². The second-order valence-corrected chi connectivity index (χ2v) is 8.39. The molecule has 1 atom stereocenters. The van der Waals surface area contributed by atoms with Gasteiger partial charge in [0, 0.05) is 25.6 Å². The van der Waals surface area contributed by atoms with Gasteiger partial charge < -0.3 is 4.90 Å². The summed E-state index contributed by atoms with van der Waals surface area (Å²) in [7, 11) is 0. The zero-order chi connectivity index (χ0) is 22.5. The van der Waals surface area contributed by atoms with Crippen molar-refractivity contribution in [2.75, 3.05) is 11.4 Å². The van der Waals surface area contributed by atoms with Crippen molar-refractivity contribution in [3.05, 3.63) is 77.3 Å². The lowest BCUT2D eigenvalue weighted by atomic mass is 9.90. The Kier molecular flexibility index (Phi) is 4.76. The molecule has 2 aliphatic rings. The van der Waals surface area contributed by atoms with Crippen molar-refractivity contribution < 1.29 is 18.0 Å². The fraction of sp³-hybridized carbons (Fsp3) is 0.333. The number of pyridine rings is 1. The molecule has 0 bridgehead atoms. The molecular formula is C24H21F3N4O. The van der Waals surface area contributed by atoms with Crippen LogP contribution in [0.1, 0.15) is 35.6 Å². The van der Waals surface area contributed by atoms with E-state index >= 15 is 0 Å². The number of benzene rings is 1. The van der Waals surface area contributed by atoms with Gasteiger partial charge in [-0.25, -0.2) is 23.1 Å². The maximum atomic E-state index is 14.6. The third-order valence-electron chi connectivity index (χ3n) is 6.25. The number of alkyl halides is 2. The lowest BCUT2D eigenvalue weighted by Gasteiger charge is -2.30. The van der Waals surface area contributed by atoms with Gasteiger partial charge in [0.25, 0.3) is 5.92 Å². The first kappa shape index (κ1) is 20.6. The number of ketones is 1. The number of nitrogens with zero attached hydrogens (tertiary/aromatic N) is 4. The quantitative estimate of drug-likeness (QED) is 0.588. The second kappa shape index (κ2) is 7.39. The van der Waals surface area contributed by atoms with Crippen molar-refractivity contribution >= 4 is 17.3 Å². The number of anilines is 2. The molecule has 1 unspecified atom stereocenters. The largest absolute Gasteiger partial charge is 0.325 e. The number of hydrogen-bond donors (Lipinski definition) is 0. The molecule has 1 aliphatic heterocycles. The molecule has 32 heavy (non-hydrogen) atoms. The van der Waals surface area contributed by atoms with Gasteiger partial charge in [-0.1, -0.05) is 12.1 Å². The lowest BCUT2D eigenvalue weighted by molar-refractivity contribution is -0.123. The molecule has 164 valence electrons. The highest BCUT2D eigenvalue weighted by molar-refractivity contribution is 5.96. The average molecular weight is 438 g/mol. The molecule has 1 aromatic carbocycles. The highest BCUT2D eigenvalue weighted by atomic mass is 19.3. The topological polar surface area (TPSA) is 59.0 Å². The smallest absolute Gasteiger partial charge is 0.267 e. The van der Waals surface area contributed by atoms with Crippen molar-refractivity contribution in [1.82, 2.24) is 15.0 Å². The van der Waals surface area contributed by atoms with E-state index in [2.05, 4.69) is 15.0 Å². The minimum atomic E-state index is -3.15. The van der Waals surface area contributed by atoms with E-state index in [4.69, 9.17) is 0 Å². The number of rotatable bonds is 5. The van der Waals surface area contributed by atoms with Crippen LogP contribution >= 0.6 is 0 Å². The Hall–Kier alpha value is -3.29. The summed E-state index contributed by atoms with van der Waals surface area (Å²) >= 11 is 0. The van der Waals surface area contributed by atoms with Crippen LogP contribution in [0.25, 0.3) is 0 Å². The summed E-state index contributed by atoms with van der Waals surface area (Å²) in [5.74, 6) is -2.81. The molecule has 8 heteroatoms. The zero-order valence-corrected chi connectivity index (χ0v) is 17.5. The summed E-state index contributed by atoms with van der Waals surface area (Å²) in [6.45, 7) is 2.54. The molecule has 1 fully saturated rings. The van der Waals surface area contributed by atoms with Gasteiger partial charge in [0.15, 0.2) is 5.78 Å². The molecule has 0 radical (unpaired) electrons. The molecule has 1 aliphatic carbocycles. The van der Waals surface area contributed by atoms with E-state index in [9.17, 15) is 18.0 Å². The predicted molar refractivity (Wildman–Crippen MR) is 113 cm³/mol. The number of Topliss-reactive ketones (excluding diaryl/α,β-unsaturated/α-hetero) is 1. The van der Waals surface area contributed by atoms with Gasteiger partial charge in [-0.2, -0.15) is 0 Å². The highest BCUT2D eigenvalue weighted by Crippen LogP contribution is 2.62. The SMILES string of the molecule is Cc1nccc(N2CCCc3nc(C4(C(=O)Cc5ccc(F)cc5)CC4(F)F)ccc32)n1. The Bertz CT molecular complexity index is 1200. The number of halogens is 3. The van der Waals surface area contributed by atoms with Crippen LogP contribution in [-0.2, 0) is 23.1 Å². The predicted octanol–water partition coefficient (Wildman–Crippen LogP) is 4.49. The standard InChI is InChI=1S/C24H21F3N4O/c1-15-28-11-10-22(29-15)31-12-2-3-18-19(31)8-9-20(30-18)23(14-24(23,26)27)21(32)13-16-4-6-17(25)7-5-16/h4-11H,2-3,12-14H2,1H3. The summed E-state index contributed by atoms with van der Waals surface area (Å²) < 4.78 is 42.4. The van der Waals surface area contributed by atoms with E-state index in [-0.39, 0.29) is 12.1 Å². The minimum absolute atomic E-state index is 0.106. The number of fused-ring (bicyclic) bond motifs is 1. The van der Waals surface area contributed by atoms with Gasteiger partial charge in [0.1, 0.15) is 22.9 Å². The fourth-order valence-electron chi connectivity index (χ4n) is 4.47. The van der Waals surface area contributed by atoms with Gasteiger partial charge in [-0.3, -0.25) is 9.78 Å². The van der Waals surface area contributed by atoms with Gasteiger partial charge in [0.2, 0.25) is 0 Å². The molecule has 3 heterocycles. The van der Waals surface area contributed by atoms with Crippen LogP contribution in [0.3, 0.4) is 0 Å². The maximum absolute atomic E-state index is 14.6. The van der Waals surface area contributed by atoms with Crippen LogP contribution in [0.2, 0.25) is 0 Å².